The Morgan fingerprint density at radius 2 is 2.31 bits per heavy atom. The zero-order chi connectivity index (χ0) is 9.84. The van der Waals surface area contributed by atoms with Gasteiger partial charge in [-0.15, -0.1) is 0 Å². The van der Waals surface area contributed by atoms with Crippen LogP contribution in [0.3, 0.4) is 0 Å². The maximum atomic E-state index is 5.04. The molecule has 0 aromatic carbocycles. The minimum Gasteiger partial charge on any atom is -0.375 e. The van der Waals surface area contributed by atoms with Gasteiger partial charge >= 0.3 is 0 Å². The average molecular weight is 197 g/mol. The van der Waals surface area contributed by atoms with E-state index in [1.54, 1.807) is 0 Å². The topological polar surface area (TPSA) is 40.7 Å². The molecule has 0 spiro atoms. The van der Waals surface area contributed by atoms with Crippen LogP contribution in [-0.2, 0) is 6.42 Å². The normalized spacial score (nSPS) is 10.5. The molecule has 13 heavy (non-hydrogen) atoms. The fraction of sp³-hybridized carbons (Fsp3) is 0.556. The van der Waals surface area contributed by atoms with Gasteiger partial charge in [0.05, 0.1) is 0 Å². The van der Waals surface area contributed by atoms with E-state index in [1.165, 1.54) is 0 Å². The third kappa shape index (κ3) is 3.14. The summed E-state index contributed by atoms with van der Waals surface area (Å²) >= 11 is 5.04. The van der Waals surface area contributed by atoms with Crippen molar-refractivity contribution < 1.29 is 0 Å². The third-order valence-electron chi connectivity index (χ3n) is 1.66. The third-order valence-corrected chi connectivity index (χ3v) is 1.87. The zero-order valence-corrected chi connectivity index (χ0v) is 9.03. The van der Waals surface area contributed by atoms with Gasteiger partial charge < -0.3 is 10.3 Å². The van der Waals surface area contributed by atoms with Crippen molar-refractivity contribution >= 4 is 18.0 Å². The van der Waals surface area contributed by atoms with Crippen molar-refractivity contribution in [1.29, 1.82) is 0 Å². The maximum Gasteiger partial charge on any atom is 0.131 e. The lowest BCUT2D eigenvalue weighted by molar-refractivity contribution is 0.620. The maximum absolute atomic E-state index is 5.04. The summed E-state index contributed by atoms with van der Waals surface area (Å²) in [5, 5.41) is 3.02. The van der Waals surface area contributed by atoms with Crippen LogP contribution in [0, 0.1) is 10.6 Å². The highest BCUT2D eigenvalue weighted by Gasteiger charge is 2.00. The largest absolute Gasteiger partial charge is 0.375 e. The van der Waals surface area contributed by atoms with E-state index in [0.717, 1.165) is 18.1 Å². The summed E-state index contributed by atoms with van der Waals surface area (Å²) in [6, 6.07) is 1.82. The molecule has 0 radical (unpaired) electrons. The van der Waals surface area contributed by atoms with Gasteiger partial charge in [0.15, 0.2) is 0 Å². The molecule has 0 amide bonds. The molecule has 0 aliphatic carbocycles. The van der Waals surface area contributed by atoms with Crippen LogP contribution in [0.2, 0.25) is 0 Å². The van der Waals surface area contributed by atoms with E-state index in [4.69, 9.17) is 12.2 Å². The van der Waals surface area contributed by atoms with E-state index < -0.39 is 0 Å². The second-order valence-corrected chi connectivity index (χ2v) is 3.85. The highest BCUT2D eigenvalue weighted by molar-refractivity contribution is 7.71. The molecule has 4 heteroatoms. The van der Waals surface area contributed by atoms with Crippen LogP contribution in [0.25, 0.3) is 0 Å². The Hall–Kier alpha value is -0.900. The van der Waals surface area contributed by atoms with Crippen LogP contribution < -0.4 is 5.32 Å². The Morgan fingerprint density at radius 1 is 1.62 bits per heavy atom. The molecular weight excluding hydrogens is 182 g/mol. The van der Waals surface area contributed by atoms with Crippen LogP contribution in [0.15, 0.2) is 6.07 Å². The van der Waals surface area contributed by atoms with Gasteiger partial charge in [0.1, 0.15) is 16.3 Å². The highest BCUT2D eigenvalue weighted by atomic mass is 32.1. The predicted octanol–water partition coefficient (Wildman–Crippen LogP) is 2.38. The Morgan fingerprint density at radius 3 is 2.85 bits per heavy atom. The van der Waals surface area contributed by atoms with E-state index >= 15 is 0 Å². The van der Waals surface area contributed by atoms with Crippen LogP contribution >= 0.6 is 12.2 Å². The fourth-order valence-electron chi connectivity index (χ4n) is 1.13. The van der Waals surface area contributed by atoms with E-state index in [9.17, 15) is 0 Å². The second-order valence-electron chi connectivity index (χ2n) is 3.43. The molecule has 1 rings (SSSR count). The monoisotopic (exact) mass is 197 g/mol. The van der Waals surface area contributed by atoms with Crippen molar-refractivity contribution in [2.24, 2.45) is 5.92 Å². The van der Waals surface area contributed by atoms with Crippen molar-refractivity contribution in [1.82, 2.24) is 9.97 Å². The van der Waals surface area contributed by atoms with Crippen molar-refractivity contribution in [3.63, 3.8) is 0 Å². The number of hydrogen-bond donors (Lipinski definition) is 2. The van der Waals surface area contributed by atoms with Crippen LogP contribution in [-0.4, -0.2) is 17.0 Å². The highest BCUT2D eigenvalue weighted by Crippen LogP contribution is 2.07. The van der Waals surface area contributed by atoms with E-state index in [1.807, 2.05) is 13.1 Å². The van der Waals surface area contributed by atoms with Crippen molar-refractivity contribution in [3.05, 3.63) is 16.5 Å². The minimum absolute atomic E-state index is 0.588. The van der Waals surface area contributed by atoms with Gasteiger partial charge in [-0.2, -0.15) is 0 Å². The summed E-state index contributed by atoms with van der Waals surface area (Å²) in [7, 11) is 1.86. The summed E-state index contributed by atoms with van der Waals surface area (Å²) in [6.45, 7) is 4.31. The minimum atomic E-state index is 0.588. The molecule has 0 fully saturated rings. The molecule has 2 N–H and O–H groups in total. The molecule has 0 aliphatic rings. The van der Waals surface area contributed by atoms with Crippen LogP contribution in [0.5, 0.6) is 0 Å². The molecule has 1 heterocycles. The van der Waals surface area contributed by atoms with E-state index in [0.29, 0.717) is 10.6 Å². The van der Waals surface area contributed by atoms with E-state index in [-0.39, 0.29) is 0 Å². The summed E-state index contributed by atoms with van der Waals surface area (Å²) in [5.74, 6) is 2.47. The Labute approximate surface area is 83.6 Å². The lowest BCUT2D eigenvalue weighted by Crippen LogP contribution is -2.03. The molecule has 3 nitrogen and oxygen atoms in total. The molecule has 1 aromatic heterocycles. The first-order valence-corrected chi connectivity index (χ1v) is 4.80. The molecule has 0 saturated heterocycles. The van der Waals surface area contributed by atoms with Gasteiger partial charge in [-0.3, -0.25) is 0 Å². The SMILES string of the molecule is CNc1cc(=S)nc(CC(C)C)[nH]1. The average Bonchev–Trinajstić information content (AvgIpc) is 2.01. The zero-order valence-electron chi connectivity index (χ0n) is 8.22. The van der Waals surface area contributed by atoms with E-state index in [2.05, 4.69) is 29.1 Å². The lowest BCUT2D eigenvalue weighted by Gasteiger charge is -2.06. The van der Waals surface area contributed by atoms with Gasteiger partial charge in [0, 0.05) is 19.5 Å². The first kappa shape index (κ1) is 10.2. The van der Waals surface area contributed by atoms with Gasteiger partial charge in [0.2, 0.25) is 0 Å². The Kier molecular flexibility index (Phi) is 3.42. The quantitative estimate of drug-likeness (QED) is 0.731. The molecular formula is C9H15N3S. The second kappa shape index (κ2) is 4.37. The Balaban J connectivity index is 2.95. The molecule has 0 atom stereocenters. The summed E-state index contributed by atoms with van der Waals surface area (Å²) in [6.07, 6.45) is 0.930. The smallest absolute Gasteiger partial charge is 0.131 e. The van der Waals surface area contributed by atoms with Crippen molar-refractivity contribution in [2.75, 3.05) is 12.4 Å². The number of aromatic amines is 1. The lowest BCUT2D eigenvalue weighted by atomic mass is 10.1. The van der Waals surface area contributed by atoms with Crippen LogP contribution in [0.4, 0.5) is 5.82 Å². The summed E-state index contributed by atoms with van der Waals surface area (Å²) < 4.78 is 0.638. The Bertz CT molecular complexity index is 330. The first-order chi connectivity index (χ1) is 6.11. The van der Waals surface area contributed by atoms with Crippen LogP contribution in [0.1, 0.15) is 19.7 Å². The van der Waals surface area contributed by atoms with Gasteiger partial charge in [-0.25, -0.2) is 4.98 Å². The molecule has 72 valence electrons. The number of nitrogens with zero attached hydrogens (tertiary/aromatic N) is 1. The van der Waals surface area contributed by atoms with Gasteiger partial charge in [0.25, 0.3) is 0 Å². The molecule has 0 aliphatic heterocycles. The summed E-state index contributed by atoms with van der Waals surface area (Å²) in [5.41, 5.74) is 0. The molecule has 0 unspecified atom stereocenters. The fourth-order valence-corrected chi connectivity index (χ4v) is 1.35. The molecule has 1 aromatic rings. The number of nitrogens with one attached hydrogen (secondary N) is 2. The number of H-pyrrole nitrogens is 1. The summed E-state index contributed by atoms with van der Waals surface area (Å²) in [4.78, 5) is 7.42. The standard InChI is InChI=1S/C9H15N3S/c1-6(2)4-8-11-7(10-3)5-9(13)12-8/h5-6H,4H2,1-3H3,(H2,10,11,12,13). The molecule has 0 bridgehead atoms. The molecule has 0 saturated carbocycles. The first-order valence-electron chi connectivity index (χ1n) is 4.40. The predicted molar refractivity (Wildman–Crippen MR) is 57.5 cm³/mol. The van der Waals surface area contributed by atoms with Gasteiger partial charge in [-0.05, 0) is 5.92 Å². The van der Waals surface area contributed by atoms with Crippen molar-refractivity contribution in [2.45, 2.75) is 20.3 Å². The number of anilines is 1. The van der Waals surface area contributed by atoms with Crippen molar-refractivity contribution in [3.8, 4) is 0 Å². The number of aromatic nitrogens is 2. The number of hydrogen-bond acceptors (Lipinski definition) is 3. The number of rotatable bonds is 3. The van der Waals surface area contributed by atoms with Gasteiger partial charge in [-0.1, -0.05) is 26.1 Å².